The summed E-state index contributed by atoms with van der Waals surface area (Å²) in [5.41, 5.74) is 2.52. The monoisotopic (exact) mass is 198 g/mol. The summed E-state index contributed by atoms with van der Waals surface area (Å²) in [6.45, 7) is 14.3. The molecule has 13 heavy (non-hydrogen) atoms. The van der Waals surface area contributed by atoms with Gasteiger partial charge in [0.2, 0.25) is 0 Å². The minimum atomic E-state index is -1.14. The van der Waals surface area contributed by atoms with Crippen LogP contribution in [0.4, 0.5) is 0 Å². The molecule has 0 aliphatic heterocycles. The first kappa shape index (κ1) is 13.0. The van der Waals surface area contributed by atoms with E-state index in [9.17, 15) is 0 Å². The van der Waals surface area contributed by atoms with Crippen LogP contribution in [-0.2, 0) is 0 Å². The highest BCUT2D eigenvalue weighted by molar-refractivity contribution is 6.84. The zero-order valence-electron chi connectivity index (χ0n) is 10.3. The molecule has 0 atom stereocenters. The van der Waals surface area contributed by atoms with Gasteiger partial charge in [-0.05, 0) is 11.5 Å². The highest BCUT2D eigenvalue weighted by Gasteiger charge is 2.31. The highest BCUT2D eigenvalue weighted by Crippen LogP contribution is 2.36. The Bertz CT molecular complexity index is 160. The highest BCUT2D eigenvalue weighted by atomic mass is 28.3. The van der Waals surface area contributed by atoms with Crippen molar-refractivity contribution in [3.05, 3.63) is 11.8 Å². The van der Waals surface area contributed by atoms with Crippen molar-refractivity contribution in [2.24, 2.45) is 0 Å². The molecule has 0 radical (unpaired) electrons. The third-order valence-electron chi connectivity index (χ3n) is 3.19. The molecule has 0 saturated heterocycles. The zero-order valence-corrected chi connectivity index (χ0v) is 11.3. The van der Waals surface area contributed by atoms with Gasteiger partial charge in [0.1, 0.15) is 0 Å². The summed E-state index contributed by atoms with van der Waals surface area (Å²) in [6.07, 6.45) is 6.32. The standard InChI is InChI=1S/C12H26Si/c1-7-8-9-10-11-13(5,6)12(2,3)4/h10-11H,7-9H2,1-6H3/b11-10+. The maximum atomic E-state index is 2.52. The van der Waals surface area contributed by atoms with E-state index < -0.39 is 8.07 Å². The van der Waals surface area contributed by atoms with E-state index in [0.29, 0.717) is 5.04 Å². The number of unbranched alkanes of at least 4 members (excludes halogenated alkanes) is 2. The predicted octanol–water partition coefficient (Wildman–Crippen LogP) is 4.78. The molecular formula is C12H26Si. The summed E-state index contributed by atoms with van der Waals surface area (Å²) < 4.78 is 0. The van der Waals surface area contributed by atoms with Gasteiger partial charge in [-0.1, -0.05) is 65.4 Å². The van der Waals surface area contributed by atoms with Crippen LogP contribution in [0.3, 0.4) is 0 Å². The fraction of sp³-hybridized carbons (Fsp3) is 0.833. The number of allylic oxidation sites excluding steroid dienone is 1. The number of hydrogen-bond donors (Lipinski definition) is 0. The van der Waals surface area contributed by atoms with Gasteiger partial charge in [0.25, 0.3) is 0 Å². The average molecular weight is 198 g/mol. The summed E-state index contributed by atoms with van der Waals surface area (Å²) >= 11 is 0. The van der Waals surface area contributed by atoms with Gasteiger partial charge in [-0.25, -0.2) is 0 Å². The van der Waals surface area contributed by atoms with Crippen molar-refractivity contribution < 1.29 is 0 Å². The molecule has 0 aromatic carbocycles. The van der Waals surface area contributed by atoms with Crippen LogP contribution in [0, 0.1) is 0 Å². The Morgan fingerprint density at radius 2 is 1.69 bits per heavy atom. The van der Waals surface area contributed by atoms with E-state index in [4.69, 9.17) is 0 Å². The third kappa shape index (κ3) is 4.66. The maximum absolute atomic E-state index is 2.52. The SMILES string of the molecule is CCCC/C=C/[Si](C)(C)C(C)(C)C. The molecule has 0 aliphatic carbocycles. The molecule has 1 heteroatoms. The Hall–Kier alpha value is -0.0431. The van der Waals surface area contributed by atoms with Gasteiger partial charge in [-0.3, -0.25) is 0 Å². The van der Waals surface area contributed by atoms with Crippen LogP contribution in [0.1, 0.15) is 47.0 Å². The average Bonchev–Trinajstić information content (AvgIpc) is 1.96. The van der Waals surface area contributed by atoms with Crippen molar-refractivity contribution in [2.75, 3.05) is 0 Å². The molecular weight excluding hydrogens is 172 g/mol. The lowest BCUT2D eigenvalue weighted by Crippen LogP contribution is -2.34. The maximum Gasteiger partial charge on any atom is 0.0766 e. The normalized spacial score (nSPS) is 14.0. The first-order chi connectivity index (χ1) is 5.81. The first-order valence-corrected chi connectivity index (χ1v) is 8.56. The van der Waals surface area contributed by atoms with E-state index in [1.165, 1.54) is 19.3 Å². The van der Waals surface area contributed by atoms with Crippen LogP contribution < -0.4 is 0 Å². The molecule has 0 nitrogen and oxygen atoms in total. The molecule has 0 bridgehead atoms. The fourth-order valence-electron chi connectivity index (χ4n) is 0.950. The van der Waals surface area contributed by atoms with E-state index in [0.717, 1.165) is 0 Å². The zero-order chi connectivity index (χ0) is 10.5. The molecule has 78 valence electrons. The van der Waals surface area contributed by atoms with E-state index >= 15 is 0 Å². The Morgan fingerprint density at radius 1 is 1.15 bits per heavy atom. The molecule has 0 aliphatic rings. The van der Waals surface area contributed by atoms with Gasteiger partial charge in [0.15, 0.2) is 0 Å². The van der Waals surface area contributed by atoms with Gasteiger partial charge in [0.05, 0.1) is 8.07 Å². The van der Waals surface area contributed by atoms with Crippen molar-refractivity contribution in [2.45, 2.75) is 65.1 Å². The second-order valence-corrected chi connectivity index (χ2v) is 10.8. The third-order valence-corrected chi connectivity index (χ3v) is 8.13. The molecule has 0 unspecified atom stereocenters. The topological polar surface area (TPSA) is 0 Å². The van der Waals surface area contributed by atoms with Gasteiger partial charge >= 0.3 is 0 Å². The van der Waals surface area contributed by atoms with Gasteiger partial charge in [0, 0.05) is 0 Å². The van der Waals surface area contributed by atoms with Crippen LogP contribution >= 0.6 is 0 Å². The van der Waals surface area contributed by atoms with E-state index in [2.05, 4.69) is 52.6 Å². The first-order valence-electron chi connectivity index (χ1n) is 5.49. The lowest BCUT2D eigenvalue weighted by Gasteiger charge is -2.34. The minimum Gasteiger partial charge on any atom is -0.0981 e. The molecule has 0 aromatic heterocycles. The molecule has 0 saturated carbocycles. The Balaban J connectivity index is 4.09. The van der Waals surface area contributed by atoms with Gasteiger partial charge in [-0.15, -0.1) is 0 Å². The molecule has 0 amide bonds. The van der Waals surface area contributed by atoms with Crippen LogP contribution in [0.25, 0.3) is 0 Å². The minimum absolute atomic E-state index is 0.496. The summed E-state index contributed by atoms with van der Waals surface area (Å²) in [5, 5.41) is 0.496. The number of hydrogen-bond acceptors (Lipinski definition) is 0. The van der Waals surface area contributed by atoms with Crippen molar-refractivity contribution in [1.29, 1.82) is 0 Å². The lowest BCUT2D eigenvalue weighted by molar-refractivity contribution is 0.728. The van der Waals surface area contributed by atoms with Crippen molar-refractivity contribution >= 4 is 8.07 Å². The molecule has 0 N–H and O–H groups in total. The Morgan fingerprint density at radius 3 is 2.08 bits per heavy atom. The largest absolute Gasteiger partial charge is 0.0981 e. The summed E-state index contributed by atoms with van der Waals surface area (Å²) in [4.78, 5) is 0. The summed E-state index contributed by atoms with van der Waals surface area (Å²) in [5.74, 6) is 0. The van der Waals surface area contributed by atoms with E-state index in [1.807, 2.05) is 0 Å². The molecule has 0 rings (SSSR count). The molecule has 0 spiro atoms. The van der Waals surface area contributed by atoms with Crippen LogP contribution in [0.2, 0.25) is 18.1 Å². The van der Waals surface area contributed by atoms with Crippen molar-refractivity contribution in [3.8, 4) is 0 Å². The summed E-state index contributed by atoms with van der Waals surface area (Å²) in [6, 6.07) is 0. The Kier molecular flexibility index (Phi) is 4.98. The van der Waals surface area contributed by atoms with Crippen LogP contribution in [0.15, 0.2) is 11.8 Å². The second kappa shape index (κ2) is 4.99. The lowest BCUT2D eigenvalue weighted by atomic mass is 10.2. The molecule has 0 heterocycles. The van der Waals surface area contributed by atoms with Gasteiger partial charge in [-0.2, -0.15) is 0 Å². The van der Waals surface area contributed by atoms with E-state index in [1.54, 1.807) is 0 Å². The van der Waals surface area contributed by atoms with E-state index in [-0.39, 0.29) is 0 Å². The fourth-order valence-corrected chi connectivity index (χ4v) is 2.21. The summed E-state index contributed by atoms with van der Waals surface area (Å²) in [7, 11) is -1.14. The second-order valence-electron chi connectivity index (χ2n) is 5.52. The molecule has 0 aromatic rings. The van der Waals surface area contributed by atoms with Crippen molar-refractivity contribution in [1.82, 2.24) is 0 Å². The van der Waals surface area contributed by atoms with Crippen molar-refractivity contribution in [3.63, 3.8) is 0 Å². The van der Waals surface area contributed by atoms with Crippen LogP contribution in [0.5, 0.6) is 0 Å². The molecule has 0 fully saturated rings. The smallest absolute Gasteiger partial charge is 0.0766 e. The Labute approximate surface area is 85.4 Å². The predicted molar refractivity (Wildman–Crippen MR) is 65.9 cm³/mol. The van der Waals surface area contributed by atoms with Crippen LogP contribution in [-0.4, -0.2) is 8.07 Å². The number of rotatable bonds is 4. The van der Waals surface area contributed by atoms with Gasteiger partial charge < -0.3 is 0 Å². The quantitative estimate of drug-likeness (QED) is 0.450.